The Labute approximate surface area is 218 Å². The number of H-pyrrole nitrogens is 1. The van der Waals surface area contributed by atoms with Gasteiger partial charge in [0.25, 0.3) is 11.2 Å². The van der Waals surface area contributed by atoms with Crippen LogP contribution in [0.1, 0.15) is 36.5 Å². The molecule has 0 saturated carbocycles. The van der Waals surface area contributed by atoms with E-state index in [4.69, 9.17) is 14.6 Å². The van der Waals surface area contributed by atoms with Gasteiger partial charge >= 0.3 is 0 Å². The Morgan fingerprint density at radius 1 is 1.08 bits per heavy atom. The van der Waals surface area contributed by atoms with Gasteiger partial charge in [-0.1, -0.05) is 55.5 Å². The Kier molecular flexibility index (Phi) is 6.01. The summed E-state index contributed by atoms with van der Waals surface area (Å²) in [6.07, 6.45) is 6.53. The lowest BCUT2D eigenvalue weighted by molar-refractivity contribution is -0.386. The van der Waals surface area contributed by atoms with Crippen LogP contribution >= 0.6 is 0 Å². The standard InChI is InChI=1S/C29H26N4O5/c1-17-7-6-10-20(15-17)25-26(19-8-4-3-5-9-19)31-32-27(25)30-18(2)24(28(32)34)21-11-12-23(33(35)36)22(16-21)29-37-13-14-38-29/h3-6,8-12,15-17,29-30H,7,13-14H2,1-2H3. The van der Waals surface area contributed by atoms with Gasteiger partial charge in [-0.25, -0.2) is 0 Å². The van der Waals surface area contributed by atoms with E-state index in [0.29, 0.717) is 47.3 Å². The summed E-state index contributed by atoms with van der Waals surface area (Å²) in [5.41, 5.74) is 5.45. The molecule has 1 N–H and O–H groups in total. The highest BCUT2D eigenvalue weighted by Crippen LogP contribution is 2.37. The SMILES string of the molecule is Cc1[nH]c2c(C3=CC(C)CC=C3)c(-c3ccccc3)nn2c(=O)c1-c1ccc([N+](=O)[O-])c(C2OCCO2)c1. The van der Waals surface area contributed by atoms with Crippen molar-refractivity contribution >= 4 is 16.9 Å². The van der Waals surface area contributed by atoms with Gasteiger partial charge in [0.1, 0.15) is 11.3 Å². The minimum absolute atomic E-state index is 0.117. The van der Waals surface area contributed by atoms with Gasteiger partial charge in [0.15, 0.2) is 6.29 Å². The summed E-state index contributed by atoms with van der Waals surface area (Å²) < 4.78 is 12.5. The second-order valence-corrected chi connectivity index (χ2v) is 9.62. The van der Waals surface area contributed by atoms with E-state index >= 15 is 0 Å². The summed E-state index contributed by atoms with van der Waals surface area (Å²) in [4.78, 5) is 28.6. The number of aryl methyl sites for hydroxylation is 1. The molecule has 1 unspecified atom stereocenters. The lowest BCUT2D eigenvalue weighted by Gasteiger charge is -2.14. The molecule has 3 heterocycles. The van der Waals surface area contributed by atoms with E-state index < -0.39 is 11.2 Å². The van der Waals surface area contributed by atoms with E-state index in [2.05, 4.69) is 30.1 Å². The molecule has 0 bridgehead atoms. The molecule has 2 aromatic heterocycles. The van der Waals surface area contributed by atoms with Crippen LogP contribution in [0.25, 0.3) is 33.6 Å². The first-order chi connectivity index (χ1) is 18.4. The molecule has 0 spiro atoms. The molecule has 38 heavy (non-hydrogen) atoms. The molecule has 9 heteroatoms. The number of hydrogen-bond acceptors (Lipinski definition) is 6. The Morgan fingerprint density at radius 3 is 2.55 bits per heavy atom. The summed E-state index contributed by atoms with van der Waals surface area (Å²) in [5, 5.41) is 16.5. The van der Waals surface area contributed by atoms with Gasteiger partial charge < -0.3 is 14.5 Å². The summed E-state index contributed by atoms with van der Waals surface area (Å²) in [6, 6.07) is 14.4. The molecule has 192 valence electrons. The van der Waals surface area contributed by atoms with Crippen molar-refractivity contribution in [1.29, 1.82) is 0 Å². The number of aromatic nitrogens is 3. The fraction of sp³-hybridized carbons (Fsp3) is 0.241. The van der Waals surface area contributed by atoms with Gasteiger partial charge in [-0.15, -0.1) is 0 Å². The quantitative estimate of drug-likeness (QED) is 0.276. The number of aromatic amines is 1. The monoisotopic (exact) mass is 510 g/mol. The van der Waals surface area contributed by atoms with Crippen LogP contribution in [0.3, 0.4) is 0 Å². The summed E-state index contributed by atoms with van der Waals surface area (Å²) in [7, 11) is 0. The summed E-state index contributed by atoms with van der Waals surface area (Å²) in [5.74, 6) is 0.360. The average Bonchev–Trinajstić information content (AvgIpc) is 3.58. The molecular formula is C29H26N4O5. The molecule has 1 atom stereocenters. The normalized spacial score (nSPS) is 17.7. The van der Waals surface area contributed by atoms with Crippen molar-refractivity contribution in [3.63, 3.8) is 0 Å². The number of rotatable bonds is 5. The molecule has 1 aliphatic heterocycles. The fourth-order valence-electron chi connectivity index (χ4n) is 5.21. The van der Waals surface area contributed by atoms with Crippen LogP contribution in [0, 0.1) is 23.0 Å². The number of hydrogen-bond donors (Lipinski definition) is 1. The van der Waals surface area contributed by atoms with E-state index in [1.165, 1.54) is 10.6 Å². The number of nitrogens with one attached hydrogen (secondary N) is 1. The molecule has 0 radical (unpaired) electrons. The fourth-order valence-corrected chi connectivity index (χ4v) is 5.21. The number of nitro groups is 1. The molecule has 1 fully saturated rings. The van der Waals surface area contributed by atoms with Gasteiger partial charge in [0.2, 0.25) is 0 Å². The summed E-state index contributed by atoms with van der Waals surface area (Å²) >= 11 is 0. The lowest BCUT2D eigenvalue weighted by atomic mass is 9.92. The van der Waals surface area contributed by atoms with Crippen molar-refractivity contribution in [2.24, 2.45) is 5.92 Å². The maximum Gasteiger partial charge on any atom is 0.282 e. The molecule has 6 rings (SSSR count). The van der Waals surface area contributed by atoms with Gasteiger partial charge in [-0.05, 0) is 42.5 Å². The third-order valence-corrected chi connectivity index (χ3v) is 6.97. The largest absolute Gasteiger partial charge is 0.346 e. The molecule has 4 aromatic rings. The van der Waals surface area contributed by atoms with Gasteiger partial charge in [-0.3, -0.25) is 14.9 Å². The number of ether oxygens (including phenoxy) is 2. The highest BCUT2D eigenvalue weighted by Gasteiger charge is 2.29. The molecule has 1 saturated heterocycles. The number of nitrogens with zero attached hydrogens (tertiary/aromatic N) is 3. The van der Waals surface area contributed by atoms with Crippen LogP contribution in [-0.2, 0) is 9.47 Å². The smallest absolute Gasteiger partial charge is 0.282 e. The number of benzene rings is 2. The van der Waals surface area contributed by atoms with Crippen LogP contribution in [0.2, 0.25) is 0 Å². The first-order valence-corrected chi connectivity index (χ1v) is 12.5. The number of nitro benzene ring substituents is 1. The number of allylic oxidation sites excluding steroid dienone is 4. The van der Waals surface area contributed by atoms with Crippen LogP contribution in [0.5, 0.6) is 0 Å². The van der Waals surface area contributed by atoms with E-state index in [-0.39, 0.29) is 16.8 Å². The maximum atomic E-state index is 14.0. The van der Waals surface area contributed by atoms with Crippen molar-refractivity contribution in [3.05, 3.63) is 104 Å². The van der Waals surface area contributed by atoms with Crippen molar-refractivity contribution in [2.75, 3.05) is 13.2 Å². The highest BCUT2D eigenvalue weighted by atomic mass is 16.7. The zero-order valence-corrected chi connectivity index (χ0v) is 21.0. The third-order valence-electron chi connectivity index (χ3n) is 6.97. The predicted molar refractivity (Wildman–Crippen MR) is 144 cm³/mol. The van der Waals surface area contributed by atoms with Crippen LogP contribution in [0.15, 0.2) is 71.6 Å². The zero-order valence-electron chi connectivity index (χ0n) is 21.0. The van der Waals surface area contributed by atoms with Crippen molar-refractivity contribution < 1.29 is 14.4 Å². The molecule has 1 aliphatic carbocycles. The van der Waals surface area contributed by atoms with Crippen molar-refractivity contribution in [2.45, 2.75) is 26.6 Å². The first-order valence-electron chi connectivity index (χ1n) is 12.5. The molecule has 2 aromatic carbocycles. The molecule has 2 aliphatic rings. The average molecular weight is 511 g/mol. The Bertz CT molecular complexity index is 1680. The second-order valence-electron chi connectivity index (χ2n) is 9.62. The van der Waals surface area contributed by atoms with Crippen LogP contribution in [-0.4, -0.2) is 32.7 Å². The first kappa shape index (κ1) is 24.0. The Hall–Kier alpha value is -4.34. The molecule has 0 amide bonds. The van der Waals surface area contributed by atoms with E-state index in [1.807, 2.05) is 37.3 Å². The second kappa shape index (κ2) is 9.51. The zero-order chi connectivity index (χ0) is 26.4. The number of fused-ring (bicyclic) bond motifs is 1. The van der Waals surface area contributed by atoms with E-state index in [0.717, 1.165) is 23.1 Å². The lowest BCUT2D eigenvalue weighted by Crippen LogP contribution is -2.19. The Balaban J connectivity index is 1.59. The van der Waals surface area contributed by atoms with Crippen molar-refractivity contribution in [3.8, 4) is 22.4 Å². The maximum absolute atomic E-state index is 14.0. The topological polar surface area (TPSA) is 112 Å². The Morgan fingerprint density at radius 2 is 1.84 bits per heavy atom. The minimum Gasteiger partial charge on any atom is -0.346 e. The van der Waals surface area contributed by atoms with Crippen LogP contribution < -0.4 is 5.56 Å². The minimum atomic E-state index is -0.855. The van der Waals surface area contributed by atoms with E-state index in [9.17, 15) is 14.9 Å². The van der Waals surface area contributed by atoms with E-state index in [1.54, 1.807) is 12.1 Å². The van der Waals surface area contributed by atoms with Gasteiger partial charge in [0.05, 0.1) is 34.8 Å². The van der Waals surface area contributed by atoms with Crippen LogP contribution in [0.4, 0.5) is 5.69 Å². The van der Waals surface area contributed by atoms with Crippen molar-refractivity contribution in [1.82, 2.24) is 14.6 Å². The summed E-state index contributed by atoms with van der Waals surface area (Å²) in [6.45, 7) is 4.68. The molecule has 9 nitrogen and oxygen atoms in total. The van der Waals surface area contributed by atoms with Gasteiger partial charge in [0, 0.05) is 17.3 Å². The predicted octanol–water partition coefficient (Wildman–Crippen LogP) is 5.60. The third kappa shape index (κ3) is 4.06. The molecular weight excluding hydrogens is 484 g/mol. The van der Waals surface area contributed by atoms with Gasteiger partial charge in [-0.2, -0.15) is 9.61 Å². The highest BCUT2D eigenvalue weighted by molar-refractivity contribution is 5.91.